The standard InChI is InChI=1S/C22H28OSi/c1-5-6-7-14-19-23-24(22(2,3)4,20-15-10-8-11-16-20)21-17-12-9-13-18-21/h6,8-13,15-18H,1,7,14,19H2,2-4H3. The van der Waals surface area contributed by atoms with E-state index in [1.54, 1.807) is 0 Å². The number of hydrogen-bond donors (Lipinski definition) is 0. The second-order valence-corrected chi connectivity index (χ2v) is 11.4. The van der Waals surface area contributed by atoms with Gasteiger partial charge in [-0.3, -0.25) is 0 Å². The summed E-state index contributed by atoms with van der Waals surface area (Å²) in [6, 6.07) is 21.6. The van der Waals surface area contributed by atoms with Crippen LogP contribution in [0.3, 0.4) is 0 Å². The highest BCUT2D eigenvalue weighted by molar-refractivity contribution is 6.99. The Balaban J connectivity index is 2.47. The van der Waals surface area contributed by atoms with Crippen LogP contribution >= 0.6 is 0 Å². The van der Waals surface area contributed by atoms with Crippen LogP contribution in [0.2, 0.25) is 5.04 Å². The Hall–Kier alpha value is -1.86. The quantitative estimate of drug-likeness (QED) is 0.405. The van der Waals surface area contributed by atoms with Gasteiger partial charge < -0.3 is 4.43 Å². The lowest BCUT2D eigenvalue weighted by molar-refractivity contribution is 0.293. The minimum absolute atomic E-state index is 0.0456. The molecule has 0 saturated heterocycles. The lowest BCUT2D eigenvalue weighted by Gasteiger charge is -2.43. The molecule has 1 nitrogen and oxygen atoms in total. The summed E-state index contributed by atoms with van der Waals surface area (Å²) in [5, 5.41) is 2.72. The molecule has 0 bridgehead atoms. The van der Waals surface area contributed by atoms with Crippen molar-refractivity contribution in [3.05, 3.63) is 79.0 Å². The molecule has 2 aromatic rings. The predicted octanol–water partition coefficient (Wildman–Crippen LogP) is 4.68. The van der Waals surface area contributed by atoms with Gasteiger partial charge in [-0.05, 0) is 34.3 Å². The number of hydrogen-bond acceptors (Lipinski definition) is 1. The van der Waals surface area contributed by atoms with Gasteiger partial charge in [-0.15, -0.1) is 5.73 Å². The lowest BCUT2D eigenvalue weighted by Crippen LogP contribution is -2.66. The van der Waals surface area contributed by atoms with Gasteiger partial charge in [-0.25, -0.2) is 0 Å². The Morgan fingerprint density at radius 3 is 1.88 bits per heavy atom. The summed E-state index contributed by atoms with van der Waals surface area (Å²) in [6.45, 7) is 11.3. The Labute approximate surface area is 147 Å². The molecule has 2 rings (SSSR count). The molecule has 0 radical (unpaired) electrons. The first-order chi connectivity index (χ1) is 11.5. The van der Waals surface area contributed by atoms with Crippen molar-refractivity contribution in [1.29, 1.82) is 0 Å². The Bertz CT molecular complexity index is 625. The normalized spacial score (nSPS) is 11.8. The molecule has 0 aliphatic heterocycles. The molecule has 0 spiro atoms. The van der Waals surface area contributed by atoms with Gasteiger partial charge in [0.05, 0.1) is 0 Å². The summed E-state index contributed by atoms with van der Waals surface area (Å²) >= 11 is 0. The van der Waals surface area contributed by atoms with Crippen molar-refractivity contribution in [3.63, 3.8) is 0 Å². The first-order valence-corrected chi connectivity index (χ1v) is 10.5. The van der Waals surface area contributed by atoms with E-state index in [1.807, 2.05) is 6.08 Å². The summed E-state index contributed by atoms with van der Waals surface area (Å²) in [7, 11) is -2.36. The van der Waals surface area contributed by atoms with Crippen molar-refractivity contribution >= 4 is 18.7 Å². The molecular weight excluding hydrogens is 308 g/mol. The van der Waals surface area contributed by atoms with Gasteiger partial charge in [0.25, 0.3) is 8.32 Å². The fourth-order valence-electron chi connectivity index (χ4n) is 3.27. The minimum Gasteiger partial charge on any atom is -0.407 e. The second kappa shape index (κ2) is 8.30. The van der Waals surface area contributed by atoms with E-state index in [1.165, 1.54) is 10.4 Å². The molecule has 126 valence electrons. The van der Waals surface area contributed by atoms with Gasteiger partial charge >= 0.3 is 0 Å². The van der Waals surface area contributed by atoms with Crippen LogP contribution in [0.5, 0.6) is 0 Å². The van der Waals surface area contributed by atoms with E-state index in [0.717, 1.165) is 19.4 Å². The van der Waals surface area contributed by atoms with Gasteiger partial charge in [0, 0.05) is 6.61 Å². The third-order valence-corrected chi connectivity index (χ3v) is 9.41. The number of unbranched alkanes of at least 4 members (excludes halogenated alkanes) is 1. The molecule has 0 aliphatic carbocycles. The Morgan fingerprint density at radius 1 is 0.958 bits per heavy atom. The van der Waals surface area contributed by atoms with Crippen LogP contribution in [-0.4, -0.2) is 14.9 Å². The molecule has 24 heavy (non-hydrogen) atoms. The highest BCUT2D eigenvalue weighted by Gasteiger charge is 2.49. The van der Waals surface area contributed by atoms with Crippen LogP contribution in [0, 0.1) is 0 Å². The maximum atomic E-state index is 6.78. The van der Waals surface area contributed by atoms with E-state index in [9.17, 15) is 0 Å². The molecule has 0 aliphatic rings. The van der Waals surface area contributed by atoms with Gasteiger partial charge in [0.2, 0.25) is 0 Å². The third-order valence-electron chi connectivity index (χ3n) is 4.37. The van der Waals surface area contributed by atoms with Gasteiger partial charge in [0.15, 0.2) is 0 Å². The SMILES string of the molecule is C=C=CCCCO[Si](c1ccccc1)(c1ccccc1)C(C)(C)C. The van der Waals surface area contributed by atoms with E-state index in [0.29, 0.717) is 0 Å². The van der Waals surface area contributed by atoms with Crippen LogP contribution in [0.1, 0.15) is 33.6 Å². The number of rotatable bonds is 7. The fraction of sp³-hybridized carbons (Fsp3) is 0.318. The monoisotopic (exact) mass is 336 g/mol. The second-order valence-electron chi connectivity index (χ2n) is 7.06. The fourth-order valence-corrected chi connectivity index (χ4v) is 7.88. The van der Waals surface area contributed by atoms with E-state index in [2.05, 4.69) is 93.7 Å². The first kappa shape index (κ1) is 18.5. The van der Waals surface area contributed by atoms with Crippen LogP contribution in [0.4, 0.5) is 0 Å². The Kier molecular flexibility index (Phi) is 6.39. The molecule has 0 N–H and O–H groups in total. The first-order valence-electron chi connectivity index (χ1n) is 8.61. The van der Waals surface area contributed by atoms with E-state index in [-0.39, 0.29) is 5.04 Å². The topological polar surface area (TPSA) is 9.23 Å². The molecule has 2 aromatic carbocycles. The lowest BCUT2D eigenvalue weighted by atomic mass is 10.2. The predicted molar refractivity (Wildman–Crippen MR) is 107 cm³/mol. The maximum absolute atomic E-state index is 6.78. The van der Waals surface area contributed by atoms with Crippen molar-refractivity contribution in [2.75, 3.05) is 6.61 Å². The van der Waals surface area contributed by atoms with E-state index < -0.39 is 8.32 Å². The number of benzene rings is 2. The third kappa shape index (κ3) is 3.96. The van der Waals surface area contributed by atoms with Crippen LogP contribution < -0.4 is 10.4 Å². The summed E-state index contributed by atoms with van der Waals surface area (Å²) in [4.78, 5) is 0. The van der Waals surface area contributed by atoms with Crippen LogP contribution in [0.15, 0.2) is 79.0 Å². The molecule has 2 heteroatoms. The maximum Gasteiger partial charge on any atom is 0.261 e. The molecule has 0 atom stereocenters. The zero-order valence-electron chi connectivity index (χ0n) is 15.1. The highest BCUT2D eigenvalue weighted by Crippen LogP contribution is 2.36. The van der Waals surface area contributed by atoms with Gasteiger partial charge in [-0.1, -0.05) is 88.0 Å². The van der Waals surface area contributed by atoms with E-state index in [4.69, 9.17) is 4.43 Å². The summed E-state index contributed by atoms with van der Waals surface area (Å²) in [6.07, 6.45) is 3.93. The van der Waals surface area contributed by atoms with Crippen LogP contribution in [0.25, 0.3) is 0 Å². The minimum atomic E-state index is -2.36. The summed E-state index contributed by atoms with van der Waals surface area (Å²) < 4.78 is 6.78. The van der Waals surface area contributed by atoms with Gasteiger partial charge in [-0.2, -0.15) is 0 Å². The molecule has 0 fully saturated rings. The largest absolute Gasteiger partial charge is 0.407 e. The van der Waals surface area contributed by atoms with Crippen molar-refractivity contribution < 1.29 is 4.43 Å². The zero-order chi connectivity index (χ0) is 17.5. The number of allylic oxidation sites excluding steroid dienone is 1. The zero-order valence-corrected chi connectivity index (χ0v) is 16.1. The molecule has 0 aromatic heterocycles. The van der Waals surface area contributed by atoms with Crippen molar-refractivity contribution in [2.45, 2.75) is 38.7 Å². The van der Waals surface area contributed by atoms with Crippen molar-refractivity contribution in [1.82, 2.24) is 0 Å². The van der Waals surface area contributed by atoms with Crippen molar-refractivity contribution in [3.8, 4) is 0 Å². The highest BCUT2D eigenvalue weighted by atomic mass is 28.4. The average Bonchev–Trinajstić information content (AvgIpc) is 2.59. The molecule has 0 saturated carbocycles. The van der Waals surface area contributed by atoms with Crippen molar-refractivity contribution in [2.24, 2.45) is 0 Å². The van der Waals surface area contributed by atoms with Gasteiger partial charge in [0.1, 0.15) is 0 Å². The molecular formula is C22H28OSi. The summed E-state index contributed by atoms with van der Waals surface area (Å²) in [5.74, 6) is 0. The Morgan fingerprint density at radius 2 is 1.46 bits per heavy atom. The smallest absolute Gasteiger partial charge is 0.261 e. The summed E-state index contributed by atoms with van der Waals surface area (Å²) in [5.41, 5.74) is 2.84. The molecule has 0 heterocycles. The van der Waals surface area contributed by atoms with Crippen LogP contribution in [-0.2, 0) is 4.43 Å². The average molecular weight is 337 g/mol. The van der Waals surface area contributed by atoms with E-state index >= 15 is 0 Å². The molecule has 0 amide bonds. The molecule has 0 unspecified atom stereocenters.